The second-order valence-corrected chi connectivity index (χ2v) is 5.70. The van der Waals surface area contributed by atoms with Gasteiger partial charge in [-0.05, 0) is 34.7 Å². The normalized spacial score (nSPS) is 10.4. The third kappa shape index (κ3) is 3.00. The zero-order valence-corrected chi connectivity index (χ0v) is 12.7. The molecule has 3 aromatic carbocycles. The Hall–Kier alpha value is -1.86. The quantitative estimate of drug-likeness (QED) is 0.579. The van der Waals surface area contributed by atoms with Crippen LogP contribution >= 0.6 is 15.9 Å². The van der Waals surface area contributed by atoms with E-state index in [4.69, 9.17) is 0 Å². The summed E-state index contributed by atoms with van der Waals surface area (Å²) in [5.74, 6) is 0. The van der Waals surface area contributed by atoms with Crippen LogP contribution in [0.1, 0.15) is 11.1 Å². The lowest BCUT2D eigenvalue weighted by molar-refractivity contribution is 1.19. The van der Waals surface area contributed by atoms with Crippen LogP contribution < -0.4 is 0 Å². The smallest absolute Gasteiger partial charge is 0.0256 e. The molecule has 0 fully saturated rings. The minimum Gasteiger partial charge on any atom is -0.0622 e. The van der Waals surface area contributed by atoms with Crippen molar-refractivity contribution in [1.82, 2.24) is 0 Å². The minimum absolute atomic E-state index is 0.967. The average Bonchev–Trinajstić information content (AvgIpc) is 2.49. The van der Waals surface area contributed by atoms with Crippen molar-refractivity contribution in [3.63, 3.8) is 0 Å². The summed E-state index contributed by atoms with van der Waals surface area (Å²) < 4.78 is 1.15. The molecule has 0 N–H and O–H groups in total. The first-order valence-electron chi connectivity index (χ1n) is 6.71. The Balaban J connectivity index is 1.88. The van der Waals surface area contributed by atoms with Crippen LogP contribution in [0.15, 0.2) is 83.3 Å². The molecule has 0 unspecified atom stereocenters. The fraction of sp³-hybridized carbons (Fsp3) is 0.0526. The van der Waals surface area contributed by atoms with Crippen molar-refractivity contribution in [2.75, 3.05) is 0 Å². The van der Waals surface area contributed by atoms with E-state index in [0.717, 1.165) is 10.9 Å². The Morgan fingerprint density at radius 3 is 1.95 bits per heavy atom. The SMILES string of the molecule is Brc1cc(Cc2ccccc2)ccc1-c1ccccc1. The van der Waals surface area contributed by atoms with Crippen LogP contribution in [0.4, 0.5) is 0 Å². The molecule has 3 rings (SSSR count). The van der Waals surface area contributed by atoms with Gasteiger partial charge in [-0.1, -0.05) is 88.7 Å². The van der Waals surface area contributed by atoms with Gasteiger partial charge >= 0.3 is 0 Å². The van der Waals surface area contributed by atoms with E-state index in [1.807, 2.05) is 6.07 Å². The fourth-order valence-electron chi connectivity index (χ4n) is 2.35. The van der Waals surface area contributed by atoms with E-state index >= 15 is 0 Å². The van der Waals surface area contributed by atoms with E-state index in [1.54, 1.807) is 0 Å². The zero-order chi connectivity index (χ0) is 13.8. The van der Waals surface area contributed by atoms with E-state index in [1.165, 1.54) is 22.3 Å². The van der Waals surface area contributed by atoms with Crippen LogP contribution in [0.3, 0.4) is 0 Å². The van der Waals surface area contributed by atoms with Crippen molar-refractivity contribution in [2.45, 2.75) is 6.42 Å². The van der Waals surface area contributed by atoms with Gasteiger partial charge in [0.25, 0.3) is 0 Å². The fourth-order valence-corrected chi connectivity index (χ4v) is 3.01. The molecule has 3 aromatic rings. The van der Waals surface area contributed by atoms with Crippen LogP contribution in [0, 0.1) is 0 Å². The average molecular weight is 323 g/mol. The molecule has 0 aromatic heterocycles. The van der Waals surface area contributed by atoms with Crippen molar-refractivity contribution in [3.8, 4) is 11.1 Å². The summed E-state index contributed by atoms with van der Waals surface area (Å²) in [6, 6.07) is 27.6. The molecular weight excluding hydrogens is 308 g/mol. The summed E-state index contributed by atoms with van der Waals surface area (Å²) in [5.41, 5.74) is 5.14. The van der Waals surface area contributed by atoms with Crippen LogP contribution in [0.2, 0.25) is 0 Å². The monoisotopic (exact) mass is 322 g/mol. The van der Waals surface area contributed by atoms with Gasteiger partial charge in [0.1, 0.15) is 0 Å². The molecule has 1 heteroatoms. The number of benzene rings is 3. The lowest BCUT2D eigenvalue weighted by atomic mass is 10.0. The zero-order valence-electron chi connectivity index (χ0n) is 11.1. The van der Waals surface area contributed by atoms with Gasteiger partial charge in [0.2, 0.25) is 0 Å². The molecule has 0 saturated heterocycles. The van der Waals surface area contributed by atoms with Crippen LogP contribution in [-0.2, 0) is 6.42 Å². The summed E-state index contributed by atoms with van der Waals surface area (Å²) in [7, 11) is 0. The standard InChI is InChI=1S/C19H15Br/c20-19-14-16(13-15-7-3-1-4-8-15)11-12-18(19)17-9-5-2-6-10-17/h1-12,14H,13H2. The molecule has 0 aliphatic rings. The van der Waals surface area contributed by atoms with Crippen LogP contribution in [0.5, 0.6) is 0 Å². The van der Waals surface area contributed by atoms with Crippen molar-refractivity contribution in [1.29, 1.82) is 0 Å². The highest BCUT2D eigenvalue weighted by atomic mass is 79.9. The maximum absolute atomic E-state index is 3.70. The van der Waals surface area contributed by atoms with Gasteiger partial charge in [0.15, 0.2) is 0 Å². The Morgan fingerprint density at radius 1 is 0.650 bits per heavy atom. The Kier molecular flexibility index (Phi) is 3.98. The van der Waals surface area contributed by atoms with Crippen molar-refractivity contribution < 1.29 is 0 Å². The molecule has 20 heavy (non-hydrogen) atoms. The highest BCUT2D eigenvalue weighted by molar-refractivity contribution is 9.10. The topological polar surface area (TPSA) is 0 Å². The molecule has 0 saturated carbocycles. The lowest BCUT2D eigenvalue weighted by Gasteiger charge is -2.08. The summed E-state index contributed by atoms with van der Waals surface area (Å²) in [6.07, 6.45) is 0.967. The second-order valence-electron chi connectivity index (χ2n) is 4.84. The number of halogens is 1. The summed E-state index contributed by atoms with van der Waals surface area (Å²) in [5, 5.41) is 0. The predicted molar refractivity (Wildman–Crippen MR) is 88.8 cm³/mol. The van der Waals surface area contributed by atoms with Gasteiger partial charge < -0.3 is 0 Å². The maximum atomic E-state index is 3.70. The van der Waals surface area contributed by atoms with Crippen molar-refractivity contribution in [3.05, 3.63) is 94.5 Å². The van der Waals surface area contributed by atoms with E-state index in [9.17, 15) is 0 Å². The van der Waals surface area contributed by atoms with Gasteiger partial charge in [-0.3, -0.25) is 0 Å². The molecule has 0 bridgehead atoms. The van der Waals surface area contributed by atoms with Gasteiger partial charge in [0, 0.05) is 4.47 Å². The predicted octanol–water partition coefficient (Wildman–Crippen LogP) is 5.71. The first kappa shape index (κ1) is 13.1. The molecule has 0 amide bonds. The molecule has 98 valence electrons. The Labute approximate surface area is 128 Å². The third-order valence-electron chi connectivity index (χ3n) is 3.37. The van der Waals surface area contributed by atoms with E-state index in [0.29, 0.717) is 0 Å². The molecule has 0 atom stereocenters. The maximum Gasteiger partial charge on any atom is 0.0256 e. The van der Waals surface area contributed by atoms with Gasteiger partial charge in [0.05, 0.1) is 0 Å². The lowest BCUT2D eigenvalue weighted by Crippen LogP contribution is -1.89. The van der Waals surface area contributed by atoms with Crippen molar-refractivity contribution in [2.24, 2.45) is 0 Å². The summed E-state index contributed by atoms with van der Waals surface area (Å²) in [4.78, 5) is 0. The number of hydrogen-bond acceptors (Lipinski definition) is 0. The Bertz CT molecular complexity index is 687. The largest absolute Gasteiger partial charge is 0.0622 e. The Morgan fingerprint density at radius 2 is 1.30 bits per heavy atom. The first-order chi connectivity index (χ1) is 9.83. The molecular formula is C19H15Br. The van der Waals surface area contributed by atoms with E-state index in [2.05, 4.69) is 88.7 Å². The molecule has 0 nitrogen and oxygen atoms in total. The van der Waals surface area contributed by atoms with Crippen LogP contribution in [-0.4, -0.2) is 0 Å². The van der Waals surface area contributed by atoms with Gasteiger partial charge in [-0.2, -0.15) is 0 Å². The summed E-state index contributed by atoms with van der Waals surface area (Å²) >= 11 is 3.70. The molecule has 0 aliphatic heterocycles. The third-order valence-corrected chi connectivity index (χ3v) is 4.03. The van der Waals surface area contributed by atoms with Crippen LogP contribution in [0.25, 0.3) is 11.1 Å². The highest BCUT2D eigenvalue weighted by Gasteiger charge is 2.04. The molecule has 0 aliphatic carbocycles. The minimum atomic E-state index is 0.967. The summed E-state index contributed by atoms with van der Waals surface area (Å²) in [6.45, 7) is 0. The number of hydrogen-bond donors (Lipinski definition) is 0. The molecule has 0 spiro atoms. The molecule has 0 radical (unpaired) electrons. The van der Waals surface area contributed by atoms with Gasteiger partial charge in [-0.15, -0.1) is 0 Å². The second kappa shape index (κ2) is 6.06. The first-order valence-corrected chi connectivity index (χ1v) is 7.50. The van der Waals surface area contributed by atoms with E-state index < -0.39 is 0 Å². The van der Waals surface area contributed by atoms with Crippen molar-refractivity contribution >= 4 is 15.9 Å². The number of rotatable bonds is 3. The van der Waals surface area contributed by atoms with Gasteiger partial charge in [-0.25, -0.2) is 0 Å². The highest BCUT2D eigenvalue weighted by Crippen LogP contribution is 2.29. The van der Waals surface area contributed by atoms with E-state index in [-0.39, 0.29) is 0 Å². The molecule has 0 heterocycles.